The molecule has 0 radical (unpaired) electrons. The molecule has 0 spiro atoms. The molecule has 0 amide bonds. The van der Waals surface area contributed by atoms with E-state index in [0.29, 0.717) is 33.4 Å². The van der Waals surface area contributed by atoms with Gasteiger partial charge in [0.1, 0.15) is 0 Å². The zero-order valence-electron chi connectivity index (χ0n) is 44.7. The van der Waals surface area contributed by atoms with Crippen LogP contribution in [0.4, 0.5) is 0 Å². The molecule has 7 heteroatoms. The van der Waals surface area contributed by atoms with Gasteiger partial charge in [0.2, 0.25) is 0 Å². The summed E-state index contributed by atoms with van der Waals surface area (Å²) in [4.78, 5) is 37.8. The van der Waals surface area contributed by atoms with Crippen LogP contribution >= 0.6 is 0 Å². The molecule has 0 aliphatic carbocycles. The number of aryl methyl sites for hydroxylation is 18. The van der Waals surface area contributed by atoms with Crippen molar-refractivity contribution in [2.75, 3.05) is 0 Å². The molecule has 0 saturated heterocycles. The fourth-order valence-electron chi connectivity index (χ4n) is 10.2. The monoisotopic (exact) mass is 948 g/mol. The third kappa shape index (κ3) is 14.3. The van der Waals surface area contributed by atoms with Crippen LogP contribution in [0.5, 0.6) is 0 Å². The molecule has 0 aromatic heterocycles. The molecule has 6 aromatic carbocycles. The van der Waals surface area contributed by atoms with Gasteiger partial charge in [0.15, 0.2) is 17.3 Å². The second kappa shape index (κ2) is 24.4. The first-order valence-electron chi connectivity index (χ1n) is 23.4. The number of hydrogen-bond donors (Lipinski definition) is 0. The van der Waals surface area contributed by atoms with Gasteiger partial charge in [-0.05, 0) is 226 Å². The number of carbonyl (C=O) groups is 3. The number of carbonyl (C=O) groups excluding carboxylic acids is 3. The summed E-state index contributed by atoms with van der Waals surface area (Å²) in [5.74, 6) is -1.31. The first-order valence-corrected chi connectivity index (χ1v) is 23.4. The first-order chi connectivity index (χ1) is 32.1. The Hall–Kier alpha value is -6.52. The number of allylic oxidation sites excluding steroid dienone is 3. The predicted molar refractivity (Wildman–Crippen MR) is 287 cm³/mol. The fourth-order valence-corrected chi connectivity index (χ4v) is 10.2. The average molecular weight is 949 g/mol. The molecule has 0 heterocycles. The predicted octanol–water partition coefficient (Wildman–Crippen LogP) is 12.0. The molecule has 6 nitrogen and oxygen atoms in total. The van der Waals surface area contributed by atoms with Crippen LogP contribution in [-0.4, -0.2) is 34.7 Å². The molecule has 6 aromatic rings. The van der Waals surface area contributed by atoms with Crippen molar-refractivity contribution >= 4 is 52.0 Å². The molecule has 0 bridgehead atoms. The van der Waals surface area contributed by atoms with Gasteiger partial charge in [0.05, 0.1) is 0 Å². The van der Waals surface area contributed by atoms with Crippen LogP contribution in [-0.2, 0) is 0 Å². The molecular weight excluding hydrogens is 880 g/mol. The van der Waals surface area contributed by atoms with Gasteiger partial charge in [-0.3, -0.25) is 14.4 Å². The van der Waals surface area contributed by atoms with Gasteiger partial charge in [-0.2, -0.15) is 0 Å². The van der Waals surface area contributed by atoms with Gasteiger partial charge >= 0.3 is 17.4 Å². The van der Waals surface area contributed by atoms with E-state index in [1.54, 1.807) is 0 Å². The van der Waals surface area contributed by atoms with Crippen molar-refractivity contribution in [3.05, 3.63) is 225 Å². The Balaban J connectivity index is 0.000000276. The van der Waals surface area contributed by atoms with Gasteiger partial charge in [0, 0.05) is 16.7 Å². The number of ketones is 3. The molecule has 0 aliphatic heterocycles. The van der Waals surface area contributed by atoms with Crippen molar-refractivity contribution in [1.29, 1.82) is 0 Å². The maximum absolute atomic E-state index is 12.6. The Kier molecular flexibility index (Phi) is 20.1. The summed E-state index contributed by atoms with van der Waals surface area (Å²) in [6.07, 6.45) is 3.69. The summed E-state index contributed by atoms with van der Waals surface area (Å²) in [5.41, 5.74) is 21.4. The van der Waals surface area contributed by atoms with Crippen molar-refractivity contribution in [3.63, 3.8) is 0 Å². The summed E-state index contributed by atoms with van der Waals surface area (Å²) in [5, 5.41) is 37.8. The minimum absolute atomic E-state index is 0. The molecule has 0 N–H and O–H groups in total. The van der Waals surface area contributed by atoms with Gasteiger partial charge in [-0.1, -0.05) is 123 Å². The van der Waals surface area contributed by atoms with Crippen LogP contribution in [0.3, 0.4) is 0 Å². The smallest absolute Gasteiger partial charge is 0.872 e. The molecule has 0 saturated carbocycles. The third-order valence-electron chi connectivity index (χ3n) is 12.3. The van der Waals surface area contributed by atoms with E-state index in [9.17, 15) is 29.7 Å². The van der Waals surface area contributed by atoms with Crippen LogP contribution in [0.1, 0.15) is 148 Å². The van der Waals surface area contributed by atoms with Crippen molar-refractivity contribution in [1.82, 2.24) is 0 Å². The van der Waals surface area contributed by atoms with Gasteiger partial charge in [-0.25, -0.2) is 0 Å². The van der Waals surface area contributed by atoms with E-state index in [0.717, 1.165) is 100 Å². The largest absolute Gasteiger partial charge is 3.00 e. The molecule has 6 rings (SSSR count). The third-order valence-corrected chi connectivity index (χ3v) is 12.3. The Morgan fingerprint density at radius 2 is 0.371 bits per heavy atom. The van der Waals surface area contributed by atoms with Gasteiger partial charge in [-0.15, -0.1) is 0 Å². The van der Waals surface area contributed by atoms with Gasteiger partial charge in [0.25, 0.3) is 0 Å². The normalized spacial score (nSPS) is 11.5. The van der Waals surface area contributed by atoms with Crippen molar-refractivity contribution < 1.29 is 29.7 Å². The summed E-state index contributed by atoms with van der Waals surface area (Å²) in [7, 11) is 0. The Bertz CT molecular complexity index is 2630. The topological polar surface area (TPSA) is 120 Å². The molecule has 0 atom stereocenters. The van der Waals surface area contributed by atoms with E-state index < -0.39 is 0 Å². The molecule has 70 heavy (non-hydrogen) atoms. The zero-order valence-corrected chi connectivity index (χ0v) is 45.8. The first kappa shape index (κ1) is 57.8. The van der Waals surface area contributed by atoms with E-state index in [2.05, 4.69) is 0 Å². The second-order valence-electron chi connectivity index (χ2n) is 19.3. The SMILES string of the molecule is Cc1cc(C)c(C(=O)/C=C(\[O-])c2c(C)cc(C)cc2C)c(C)c1.Cc1cc(C)c(C(=O)/C=C(\[O-])c2c(C)cc(C)cc2C)c(C)c1.Cc1cc(C)c(C(=O)/C=C(\[O-])c2c(C)cc(C)cc2C)c(C)c1.[Al+3]. The molecule has 0 unspecified atom stereocenters. The standard InChI is InChI=1S/3C21H24O2.Al/c3*1-12-7-14(3)20(15(4)8-12)18(22)11-19(23)21-16(5)9-13(2)10-17(21)6;/h3*7-11,22H,1-6H3;/q;;;+3/p-3/b3*18-11-;. The van der Waals surface area contributed by atoms with Crippen molar-refractivity contribution in [2.24, 2.45) is 0 Å². The van der Waals surface area contributed by atoms with E-state index in [-0.39, 0.29) is 52.0 Å². The van der Waals surface area contributed by atoms with E-state index in [1.165, 1.54) is 18.2 Å². The molecule has 0 aliphatic rings. The summed E-state index contributed by atoms with van der Waals surface area (Å²) < 4.78 is 0. The van der Waals surface area contributed by atoms with E-state index >= 15 is 0 Å². The minimum Gasteiger partial charge on any atom is -0.872 e. The summed E-state index contributed by atoms with van der Waals surface area (Å²) in [6, 6.07) is 23.7. The Morgan fingerprint density at radius 1 is 0.257 bits per heavy atom. The van der Waals surface area contributed by atoms with Crippen LogP contribution in [0.15, 0.2) is 91.0 Å². The summed E-state index contributed by atoms with van der Waals surface area (Å²) in [6.45, 7) is 34.9. The van der Waals surface area contributed by atoms with E-state index in [1.807, 2.05) is 197 Å². The fraction of sp³-hybridized carbons (Fsp3) is 0.286. The van der Waals surface area contributed by atoms with E-state index in [4.69, 9.17) is 0 Å². The van der Waals surface area contributed by atoms with Crippen molar-refractivity contribution in [2.45, 2.75) is 125 Å². The van der Waals surface area contributed by atoms with Crippen LogP contribution < -0.4 is 15.3 Å². The Labute approximate surface area is 428 Å². The zero-order chi connectivity index (χ0) is 51.9. The molecule has 360 valence electrons. The maximum Gasteiger partial charge on any atom is 3.00 e. The minimum atomic E-state index is -0.218. The Morgan fingerprint density at radius 3 is 0.500 bits per heavy atom. The second-order valence-corrected chi connectivity index (χ2v) is 19.3. The van der Waals surface area contributed by atoms with Gasteiger partial charge < -0.3 is 15.3 Å². The maximum atomic E-state index is 12.6. The van der Waals surface area contributed by atoms with Crippen LogP contribution in [0, 0.1) is 125 Å². The van der Waals surface area contributed by atoms with Crippen LogP contribution in [0.2, 0.25) is 0 Å². The quantitative estimate of drug-likeness (QED) is 0.0616. The number of hydrogen-bond acceptors (Lipinski definition) is 6. The number of benzene rings is 6. The van der Waals surface area contributed by atoms with Crippen molar-refractivity contribution in [3.8, 4) is 0 Å². The summed E-state index contributed by atoms with van der Waals surface area (Å²) >= 11 is 0. The number of rotatable bonds is 9. The van der Waals surface area contributed by atoms with Crippen LogP contribution in [0.25, 0.3) is 17.3 Å². The average Bonchev–Trinajstić information content (AvgIpc) is 3.16. The molecule has 0 fully saturated rings. The molecular formula is C63H69AlO6.